The van der Waals surface area contributed by atoms with Gasteiger partial charge in [0.15, 0.2) is 0 Å². The van der Waals surface area contributed by atoms with Gasteiger partial charge in [0.1, 0.15) is 0 Å². The number of nitrogens with one attached hydrogen (secondary N) is 1. The summed E-state index contributed by atoms with van der Waals surface area (Å²) in [6, 6.07) is 0. The molecule has 4 nitrogen and oxygen atoms in total. The highest BCUT2D eigenvalue weighted by molar-refractivity contribution is 5.75. The molecule has 0 aromatic carbocycles. The van der Waals surface area contributed by atoms with Gasteiger partial charge in [-0.1, -0.05) is 13.8 Å². The normalized spacial score (nSPS) is 20.4. The van der Waals surface area contributed by atoms with Crippen molar-refractivity contribution in [2.75, 3.05) is 26.3 Å². The molecule has 1 fully saturated rings. The minimum atomic E-state index is 0.173. The maximum Gasteiger partial charge on any atom is 0.220 e. The van der Waals surface area contributed by atoms with E-state index in [9.17, 15) is 4.79 Å². The van der Waals surface area contributed by atoms with Crippen LogP contribution < -0.4 is 11.1 Å². The van der Waals surface area contributed by atoms with Crippen LogP contribution in [0.25, 0.3) is 0 Å². The predicted octanol–water partition coefficient (Wildman–Crippen LogP) is 1.68. The first-order chi connectivity index (χ1) is 8.56. The first-order valence-corrected chi connectivity index (χ1v) is 7.10. The van der Waals surface area contributed by atoms with Crippen molar-refractivity contribution in [1.29, 1.82) is 0 Å². The molecule has 1 unspecified atom stereocenters. The van der Waals surface area contributed by atoms with Gasteiger partial charge in [-0.2, -0.15) is 0 Å². The van der Waals surface area contributed by atoms with Gasteiger partial charge < -0.3 is 15.8 Å². The van der Waals surface area contributed by atoms with Crippen molar-refractivity contribution >= 4 is 5.91 Å². The van der Waals surface area contributed by atoms with Crippen LogP contribution in [-0.2, 0) is 9.53 Å². The van der Waals surface area contributed by atoms with E-state index in [1.165, 1.54) is 0 Å². The van der Waals surface area contributed by atoms with Crippen LogP contribution in [-0.4, -0.2) is 32.2 Å². The molecule has 1 atom stereocenters. The lowest BCUT2D eigenvalue weighted by atomic mass is 9.82. The van der Waals surface area contributed by atoms with E-state index in [4.69, 9.17) is 10.5 Å². The molecule has 3 N–H and O–H groups in total. The summed E-state index contributed by atoms with van der Waals surface area (Å²) >= 11 is 0. The lowest BCUT2D eigenvalue weighted by molar-refractivity contribution is -0.122. The summed E-state index contributed by atoms with van der Waals surface area (Å²) in [5, 5.41) is 3.06. The summed E-state index contributed by atoms with van der Waals surface area (Å²) in [5.41, 5.74) is 5.72. The van der Waals surface area contributed by atoms with Gasteiger partial charge in [0.2, 0.25) is 5.91 Å². The fourth-order valence-electron chi connectivity index (χ4n) is 2.25. The Labute approximate surface area is 111 Å². The number of hydrogen-bond donors (Lipinski definition) is 2. The van der Waals surface area contributed by atoms with Gasteiger partial charge in [0.25, 0.3) is 0 Å². The number of hydrogen-bond acceptors (Lipinski definition) is 3. The Morgan fingerprint density at radius 1 is 1.39 bits per heavy atom. The molecule has 0 saturated carbocycles. The van der Waals surface area contributed by atoms with Crippen LogP contribution >= 0.6 is 0 Å². The summed E-state index contributed by atoms with van der Waals surface area (Å²) in [5.74, 6) is 0.714. The lowest BCUT2D eigenvalue weighted by Gasteiger charge is -2.33. The average Bonchev–Trinajstić information content (AvgIpc) is 2.35. The fraction of sp³-hybridized carbons (Fsp3) is 0.929. The summed E-state index contributed by atoms with van der Waals surface area (Å²) in [4.78, 5) is 11.8. The number of carbonyl (C=O) groups excluding carboxylic acids is 1. The molecular formula is C14H28N2O2. The standard InChI is InChI=1S/C14H28N2O2/c1-12(5-8-15)3-4-13(17)16-11-14(2)6-9-18-10-7-14/h12H,3-11,15H2,1-2H3,(H,16,17). The van der Waals surface area contributed by atoms with Crippen molar-refractivity contribution in [3.63, 3.8) is 0 Å². The third-order valence-corrected chi connectivity index (χ3v) is 3.94. The monoisotopic (exact) mass is 256 g/mol. The lowest BCUT2D eigenvalue weighted by Crippen LogP contribution is -2.39. The summed E-state index contributed by atoms with van der Waals surface area (Å²) < 4.78 is 5.35. The maximum atomic E-state index is 11.8. The number of ether oxygens (including phenoxy) is 1. The van der Waals surface area contributed by atoms with E-state index in [1.54, 1.807) is 0 Å². The first kappa shape index (κ1) is 15.4. The molecule has 1 aliphatic heterocycles. The van der Waals surface area contributed by atoms with Crippen LogP contribution in [0.1, 0.15) is 46.0 Å². The third kappa shape index (κ3) is 5.83. The van der Waals surface area contributed by atoms with Crippen LogP contribution in [0.2, 0.25) is 0 Å². The highest BCUT2D eigenvalue weighted by atomic mass is 16.5. The minimum Gasteiger partial charge on any atom is -0.381 e. The van der Waals surface area contributed by atoms with Gasteiger partial charge in [0.05, 0.1) is 0 Å². The molecule has 18 heavy (non-hydrogen) atoms. The van der Waals surface area contributed by atoms with E-state index in [1.807, 2.05) is 0 Å². The van der Waals surface area contributed by atoms with Gasteiger partial charge in [0, 0.05) is 26.2 Å². The molecule has 0 aromatic heterocycles. The largest absolute Gasteiger partial charge is 0.381 e. The maximum absolute atomic E-state index is 11.8. The number of rotatable bonds is 7. The molecule has 1 amide bonds. The molecular weight excluding hydrogens is 228 g/mol. The Kier molecular flexibility index (Phi) is 6.65. The zero-order chi connectivity index (χ0) is 13.4. The van der Waals surface area contributed by atoms with E-state index in [0.717, 1.165) is 45.4 Å². The molecule has 106 valence electrons. The molecule has 1 rings (SSSR count). The zero-order valence-electron chi connectivity index (χ0n) is 11.8. The van der Waals surface area contributed by atoms with E-state index in [0.29, 0.717) is 18.9 Å². The van der Waals surface area contributed by atoms with Crippen LogP contribution in [0.3, 0.4) is 0 Å². The van der Waals surface area contributed by atoms with Crippen molar-refractivity contribution in [3.8, 4) is 0 Å². The van der Waals surface area contributed by atoms with Crippen molar-refractivity contribution in [1.82, 2.24) is 5.32 Å². The molecule has 0 spiro atoms. The molecule has 1 aliphatic rings. The smallest absolute Gasteiger partial charge is 0.220 e. The van der Waals surface area contributed by atoms with Gasteiger partial charge in [-0.3, -0.25) is 4.79 Å². The second kappa shape index (κ2) is 7.74. The van der Waals surface area contributed by atoms with Crippen molar-refractivity contribution in [2.24, 2.45) is 17.1 Å². The highest BCUT2D eigenvalue weighted by Crippen LogP contribution is 2.28. The summed E-state index contributed by atoms with van der Waals surface area (Å²) in [6.45, 7) is 7.51. The van der Waals surface area contributed by atoms with E-state index in [-0.39, 0.29) is 11.3 Å². The van der Waals surface area contributed by atoms with Crippen molar-refractivity contribution in [3.05, 3.63) is 0 Å². The SMILES string of the molecule is CC(CCN)CCC(=O)NCC1(C)CCOCC1. The van der Waals surface area contributed by atoms with Crippen molar-refractivity contribution in [2.45, 2.75) is 46.0 Å². The Balaban J connectivity index is 2.16. The quantitative estimate of drug-likeness (QED) is 0.728. The predicted molar refractivity (Wildman–Crippen MR) is 73.2 cm³/mol. The van der Waals surface area contributed by atoms with Crippen LogP contribution in [0.5, 0.6) is 0 Å². The molecule has 0 radical (unpaired) electrons. The average molecular weight is 256 g/mol. The van der Waals surface area contributed by atoms with E-state index < -0.39 is 0 Å². The second-order valence-corrected chi connectivity index (χ2v) is 5.92. The molecule has 4 heteroatoms. The summed E-state index contributed by atoms with van der Waals surface area (Å²) in [6.07, 6.45) is 4.63. The van der Waals surface area contributed by atoms with E-state index in [2.05, 4.69) is 19.2 Å². The van der Waals surface area contributed by atoms with Crippen molar-refractivity contribution < 1.29 is 9.53 Å². The minimum absolute atomic E-state index is 0.173. The van der Waals surface area contributed by atoms with Gasteiger partial charge in [-0.25, -0.2) is 0 Å². The zero-order valence-corrected chi connectivity index (χ0v) is 11.8. The molecule has 0 aromatic rings. The Hall–Kier alpha value is -0.610. The van der Waals surface area contributed by atoms with Crippen LogP contribution in [0.15, 0.2) is 0 Å². The molecule has 1 heterocycles. The second-order valence-electron chi connectivity index (χ2n) is 5.92. The molecule has 0 bridgehead atoms. The number of amides is 1. The van der Waals surface area contributed by atoms with Crippen LogP contribution in [0.4, 0.5) is 0 Å². The number of nitrogens with two attached hydrogens (primary N) is 1. The molecule has 1 saturated heterocycles. The molecule has 0 aliphatic carbocycles. The first-order valence-electron chi connectivity index (χ1n) is 7.10. The van der Waals surface area contributed by atoms with Crippen LogP contribution in [0, 0.1) is 11.3 Å². The van der Waals surface area contributed by atoms with Gasteiger partial charge in [-0.15, -0.1) is 0 Å². The topological polar surface area (TPSA) is 64.4 Å². The summed E-state index contributed by atoms with van der Waals surface area (Å²) in [7, 11) is 0. The fourth-order valence-corrected chi connectivity index (χ4v) is 2.25. The Morgan fingerprint density at radius 3 is 2.67 bits per heavy atom. The Bertz CT molecular complexity index is 250. The Morgan fingerprint density at radius 2 is 2.06 bits per heavy atom. The number of carbonyl (C=O) groups is 1. The van der Waals surface area contributed by atoms with Gasteiger partial charge >= 0.3 is 0 Å². The third-order valence-electron chi connectivity index (χ3n) is 3.94. The highest BCUT2D eigenvalue weighted by Gasteiger charge is 2.27. The van der Waals surface area contributed by atoms with E-state index >= 15 is 0 Å². The van der Waals surface area contributed by atoms with Gasteiger partial charge in [-0.05, 0) is 43.6 Å².